The predicted molar refractivity (Wildman–Crippen MR) is 124 cm³/mol. The summed E-state index contributed by atoms with van der Waals surface area (Å²) >= 11 is 0. The van der Waals surface area contributed by atoms with Gasteiger partial charge in [0.05, 0.1) is 20.6 Å². The van der Waals surface area contributed by atoms with Crippen LogP contribution in [0.3, 0.4) is 0 Å². The molecule has 1 amide bonds. The number of rotatable bonds is 8. The van der Waals surface area contributed by atoms with Crippen molar-refractivity contribution in [3.05, 3.63) is 66.5 Å². The van der Waals surface area contributed by atoms with Gasteiger partial charge in [-0.2, -0.15) is 0 Å². The highest BCUT2D eigenvalue weighted by atomic mass is 16.5. The second kappa shape index (κ2) is 10.3. The third kappa shape index (κ3) is 5.11. The topological polar surface area (TPSA) is 59.8 Å². The van der Waals surface area contributed by atoms with Gasteiger partial charge in [0, 0.05) is 57.2 Å². The monoisotopic (exact) mass is 434 g/mol. The summed E-state index contributed by atoms with van der Waals surface area (Å²) in [6.07, 6.45) is 4.26. The Hall–Kier alpha value is -3.32. The number of imidazole rings is 1. The van der Waals surface area contributed by atoms with Crippen LogP contribution in [0.2, 0.25) is 0 Å². The lowest BCUT2D eigenvalue weighted by Crippen LogP contribution is -2.49. The highest BCUT2D eigenvalue weighted by Gasteiger charge is 2.21. The van der Waals surface area contributed by atoms with Gasteiger partial charge in [-0.15, -0.1) is 0 Å². The fourth-order valence-electron chi connectivity index (χ4n) is 4.08. The Balaban J connectivity index is 1.27. The molecule has 2 aromatic carbocycles. The van der Waals surface area contributed by atoms with Gasteiger partial charge in [0.1, 0.15) is 5.82 Å². The van der Waals surface area contributed by atoms with Crippen molar-refractivity contribution in [2.24, 2.45) is 0 Å². The number of hydrogen-bond donors (Lipinski definition) is 0. The van der Waals surface area contributed by atoms with Crippen LogP contribution in [0.4, 0.5) is 0 Å². The first-order valence-electron chi connectivity index (χ1n) is 11.0. The van der Waals surface area contributed by atoms with E-state index in [1.54, 1.807) is 14.2 Å². The van der Waals surface area contributed by atoms with Crippen LogP contribution in [0.25, 0.3) is 11.4 Å². The highest BCUT2D eigenvalue weighted by molar-refractivity contribution is 5.79. The molecule has 0 aliphatic carbocycles. The van der Waals surface area contributed by atoms with Gasteiger partial charge in [-0.3, -0.25) is 9.69 Å². The highest BCUT2D eigenvalue weighted by Crippen LogP contribution is 2.28. The van der Waals surface area contributed by atoms with Crippen molar-refractivity contribution in [2.75, 3.05) is 46.9 Å². The third-order valence-corrected chi connectivity index (χ3v) is 5.93. The van der Waals surface area contributed by atoms with E-state index in [2.05, 4.69) is 26.6 Å². The number of nitrogens with zero attached hydrogens (tertiary/aromatic N) is 4. The summed E-state index contributed by atoms with van der Waals surface area (Å²) in [5, 5.41) is 0. The van der Waals surface area contributed by atoms with Crippen molar-refractivity contribution in [3.63, 3.8) is 0 Å². The van der Waals surface area contributed by atoms with Gasteiger partial charge >= 0.3 is 0 Å². The molecule has 168 valence electrons. The maximum Gasteiger partial charge on any atom is 0.227 e. The molecular formula is C25H30N4O3. The van der Waals surface area contributed by atoms with E-state index in [4.69, 9.17) is 9.47 Å². The van der Waals surface area contributed by atoms with Crippen LogP contribution in [0.1, 0.15) is 5.56 Å². The van der Waals surface area contributed by atoms with Gasteiger partial charge in [-0.25, -0.2) is 4.98 Å². The molecular weight excluding hydrogens is 404 g/mol. The number of piperazine rings is 1. The van der Waals surface area contributed by atoms with E-state index < -0.39 is 0 Å². The number of amides is 1. The van der Waals surface area contributed by atoms with Gasteiger partial charge in [0.15, 0.2) is 11.5 Å². The molecule has 1 saturated heterocycles. The van der Waals surface area contributed by atoms with E-state index in [0.717, 1.165) is 56.2 Å². The standard InChI is InChI=1S/C25H30N4O3/c1-31-22-9-8-20(18-23(22)32-2)19-24(30)28-15-12-27(13-16-28)14-17-29-11-10-26-25(29)21-6-4-3-5-7-21/h3-11,18H,12-17,19H2,1-2H3. The number of aromatic nitrogens is 2. The van der Waals surface area contributed by atoms with Gasteiger partial charge in [-0.05, 0) is 17.7 Å². The van der Waals surface area contributed by atoms with E-state index in [0.29, 0.717) is 17.9 Å². The molecule has 0 unspecified atom stereocenters. The fourth-order valence-corrected chi connectivity index (χ4v) is 4.08. The third-order valence-electron chi connectivity index (χ3n) is 5.93. The number of methoxy groups -OCH3 is 2. The van der Waals surface area contributed by atoms with Crippen molar-refractivity contribution in [2.45, 2.75) is 13.0 Å². The summed E-state index contributed by atoms with van der Waals surface area (Å²) < 4.78 is 12.8. The first-order chi connectivity index (χ1) is 15.7. The summed E-state index contributed by atoms with van der Waals surface area (Å²) in [7, 11) is 3.22. The number of carbonyl (C=O) groups is 1. The van der Waals surface area contributed by atoms with Crippen LogP contribution in [-0.4, -0.2) is 72.2 Å². The normalized spacial score (nSPS) is 14.4. The quantitative estimate of drug-likeness (QED) is 0.546. The molecule has 2 heterocycles. The minimum atomic E-state index is 0.151. The summed E-state index contributed by atoms with van der Waals surface area (Å²) in [6.45, 7) is 5.08. The molecule has 3 aromatic rings. The largest absolute Gasteiger partial charge is 0.493 e. The maximum absolute atomic E-state index is 12.8. The van der Waals surface area contributed by atoms with Crippen molar-refractivity contribution in [1.29, 1.82) is 0 Å². The second-order valence-corrected chi connectivity index (χ2v) is 7.90. The molecule has 4 rings (SSSR count). The second-order valence-electron chi connectivity index (χ2n) is 7.90. The van der Waals surface area contributed by atoms with Gasteiger partial charge in [-0.1, -0.05) is 36.4 Å². The number of hydrogen-bond acceptors (Lipinski definition) is 5. The summed E-state index contributed by atoms with van der Waals surface area (Å²) in [4.78, 5) is 21.7. The van der Waals surface area contributed by atoms with E-state index in [1.165, 1.54) is 0 Å². The summed E-state index contributed by atoms with van der Waals surface area (Å²) in [5.74, 6) is 2.47. The van der Waals surface area contributed by atoms with E-state index >= 15 is 0 Å². The van der Waals surface area contributed by atoms with E-state index in [1.807, 2.05) is 53.7 Å². The van der Waals surface area contributed by atoms with Gasteiger partial charge in [0.2, 0.25) is 5.91 Å². The lowest BCUT2D eigenvalue weighted by atomic mass is 10.1. The minimum absolute atomic E-state index is 0.151. The Morgan fingerprint density at radius 3 is 2.41 bits per heavy atom. The van der Waals surface area contributed by atoms with Crippen LogP contribution in [-0.2, 0) is 17.8 Å². The van der Waals surface area contributed by atoms with Crippen molar-refractivity contribution < 1.29 is 14.3 Å². The maximum atomic E-state index is 12.8. The zero-order valence-electron chi connectivity index (χ0n) is 18.7. The lowest BCUT2D eigenvalue weighted by molar-refractivity contribution is -0.132. The fraction of sp³-hybridized carbons (Fsp3) is 0.360. The zero-order valence-corrected chi connectivity index (χ0v) is 18.7. The van der Waals surface area contributed by atoms with Crippen LogP contribution < -0.4 is 9.47 Å². The molecule has 0 saturated carbocycles. The van der Waals surface area contributed by atoms with E-state index in [-0.39, 0.29) is 5.91 Å². The van der Waals surface area contributed by atoms with Crippen molar-refractivity contribution in [3.8, 4) is 22.9 Å². The molecule has 1 aliphatic heterocycles. The number of ether oxygens (including phenoxy) is 2. The lowest BCUT2D eigenvalue weighted by Gasteiger charge is -2.35. The van der Waals surface area contributed by atoms with Gasteiger partial charge in [0.25, 0.3) is 0 Å². The first kappa shape index (κ1) is 21.9. The minimum Gasteiger partial charge on any atom is -0.493 e. The molecule has 32 heavy (non-hydrogen) atoms. The molecule has 0 radical (unpaired) electrons. The SMILES string of the molecule is COc1ccc(CC(=O)N2CCN(CCn3ccnc3-c3ccccc3)CC2)cc1OC. The molecule has 1 aromatic heterocycles. The molecule has 7 nitrogen and oxygen atoms in total. The summed E-state index contributed by atoms with van der Waals surface area (Å²) in [5.41, 5.74) is 2.06. The first-order valence-corrected chi connectivity index (χ1v) is 11.0. The Kier molecular flexibility index (Phi) is 7.07. The van der Waals surface area contributed by atoms with Crippen LogP contribution >= 0.6 is 0 Å². The molecule has 1 fully saturated rings. The Morgan fingerprint density at radius 2 is 1.69 bits per heavy atom. The molecule has 0 spiro atoms. The Morgan fingerprint density at radius 1 is 0.938 bits per heavy atom. The average molecular weight is 435 g/mol. The zero-order chi connectivity index (χ0) is 22.3. The van der Waals surface area contributed by atoms with Crippen LogP contribution in [0.5, 0.6) is 11.5 Å². The van der Waals surface area contributed by atoms with Crippen LogP contribution in [0.15, 0.2) is 60.9 Å². The summed E-state index contributed by atoms with van der Waals surface area (Å²) in [6, 6.07) is 15.9. The molecule has 0 N–H and O–H groups in total. The number of benzene rings is 2. The number of carbonyl (C=O) groups excluding carboxylic acids is 1. The molecule has 7 heteroatoms. The van der Waals surface area contributed by atoms with Crippen molar-refractivity contribution in [1.82, 2.24) is 19.4 Å². The van der Waals surface area contributed by atoms with Gasteiger partial charge < -0.3 is 18.9 Å². The Bertz CT molecular complexity index is 1030. The smallest absolute Gasteiger partial charge is 0.227 e. The van der Waals surface area contributed by atoms with E-state index in [9.17, 15) is 4.79 Å². The van der Waals surface area contributed by atoms with Crippen LogP contribution in [0, 0.1) is 0 Å². The predicted octanol–water partition coefficient (Wildman–Crippen LogP) is 2.95. The molecule has 1 aliphatic rings. The average Bonchev–Trinajstić information content (AvgIpc) is 3.32. The van der Waals surface area contributed by atoms with Crippen molar-refractivity contribution >= 4 is 5.91 Å². The molecule has 0 atom stereocenters. The molecule has 0 bridgehead atoms. The Labute approximate surface area is 189 Å².